The van der Waals surface area contributed by atoms with Gasteiger partial charge in [-0.05, 0) is 71.5 Å². The minimum absolute atomic E-state index is 0.171. The molecule has 0 bridgehead atoms. The van der Waals surface area contributed by atoms with Crippen molar-refractivity contribution in [2.45, 2.75) is 6.92 Å². The van der Waals surface area contributed by atoms with Crippen LogP contribution in [0.2, 0.25) is 0 Å². The van der Waals surface area contributed by atoms with Crippen molar-refractivity contribution in [3.63, 3.8) is 0 Å². The van der Waals surface area contributed by atoms with Gasteiger partial charge in [0.05, 0.1) is 23.2 Å². The lowest BCUT2D eigenvalue weighted by atomic mass is 10.2. The third kappa shape index (κ3) is 3.13. The third-order valence-electron chi connectivity index (χ3n) is 3.33. The van der Waals surface area contributed by atoms with Crippen LogP contribution in [-0.2, 0) is 0 Å². The molecular formula is C16H12Br2N2O2S. The summed E-state index contributed by atoms with van der Waals surface area (Å²) in [4.78, 5) is 16.0. The minimum atomic E-state index is -0.171. The standard InChI is InChI=1S/C16H12Br2N2O2S/c1-2-22-11-5-3-10(4-6-11)20-15(21)12-7-9(17)8-13(18)14(12)19-16(20)23/h3-8H,2H2,1H3,(H,19,23). The van der Waals surface area contributed by atoms with E-state index in [0.717, 1.165) is 14.7 Å². The number of hydrogen-bond donors (Lipinski definition) is 1. The molecule has 0 saturated carbocycles. The van der Waals surface area contributed by atoms with Crippen molar-refractivity contribution in [1.29, 1.82) is 0 Å². The lowest BCUT2D eigenvalue weighted by molar-refractivity contribution is 0.340. The molecule has 7 heteroatoms. The monoisotopic (exact) mass is 454 g/mol. The Morgan fingerprint density at radius 3 is 2.57 bits per heavy atom. The first-order chi connectivity index (χ1) is 11.0. The molecule has 0 amide bonds. The van der Waals surface area contributed by atoms with Gasteiger partial charge in [-0.2, -0.15) is 0 Å². The number of aromatic amines is 1. The number of halogens is 2. The molecule has 0 unspecified atom stereocenters. The zero-order valence-electron chi connectivity index (χ0n) is 12.1. The fourth-order valence-corrected chi connectivity index (χ4v) is 3.95. The molecule has 3 rings (SSSR count). The van der Waals surface area contributed by atoms with Crippen molar-refractivity contribution in [2.24, 2.45) is 0 Å². The molecule has 1 heterocycles. The number of hydrogen-bond acceptors (Lipinski definition) is 3. The molecule has 0 fully saturated rings. The molecule has 3 aromatic rings. The van der Waals surface area contributed by atoms with Gasteiger partial charge in [0.25, 0.3) is 5.56 Å². The Morgan fingerprint density at radius 1 is 1.22 bits per heavy atom. The highest BCUT2D eigenvalue weighted by Crippen LogP contribution is 2.25. The second-order valence-electron chi connectivity index (χ2n) is 4.81. The lowest BCUT2D eigenvalue weighted by Crippen LogP contribution is -2.20. The number of nitrogens with one attached hydrogen (secondary N) is 1. The van der Waals surface area contributed by atoms with Crippen LogP contribution < -0.4 is 10.3 Å². The summed E-state index contributed by atoms with van der Waals surface area (Å²) in [6, 6.07) is 10.9. The van der Waals surface area contributed by atoms with Crippen molar-refractivity contribution >= 4 is 55.0 Å². The highest BCUT2D eigenvalue weighted by Gasteiger charge is 2.11. The Morgan fingerprint density at radius 2 is 1.91 bits per heavy atom. The molecule has 1 N–H and O–H groups in total. The van der Waals surface area contributed by atoms with Crippen LogP contribution in [0.5, 0.6) is 5.75 Å². The van der Waals surface area contributed by atoms with E-state index >= 15 is 0 Å². The Balaban J connectivity index is 2.25. The summed E-state index contributed by atoms with van der Waals surface area (Å²) in [5, 5.41) is 0.550. The van der Waals surface area contributed by atoms with Crippen molar-refractivity contribution in [1.82, 2.24) is 9.55 Å². The topological polar surface area (TPSA) is 47.0 Å². The summed E-state index contributed by atoms with van der Waals surface area (Å²) in [5.74, 6) is 0.755. The van der Waals surface area contributed by atoms with Gasteiger partial charge < -0.3 is 9.72 Å². The normalized spacial score (nSPS) is 10.9. The van der Waals surface area contributed by atoms with E-state index in [-0.39, 0.29) is 5.56 Å². The van der Waals surface area contributed by atoms with Gasteiger partial charge in [-0.3, -0.25) is 9.36 Å². The first-order valence-corrected chi connectivity index (χ1v) is 8.88. The van der Waals surface area contributed by atoms with Crippen LogP contribution in [0, 0.1) is 4.77 Å². The number of fused-ring (bicyclic) bond motifs is 1. The van der Waals surface area contributed by atoms with E-state index in [9.17, 15) is 4.79 Å². The molecule has 23 heavy (non-hydrogen) atoms. The number of ether oxygens (including phenoxy) is 1. The number of aromatic nitrogens is 2. The number of H-pyrrole nitrogens is 1. The van der Waals surface area contributed by atoms with Crippen LogP contribution in [-0.4, -0.2) is 16.2 Å². The van der Waals surface area contributed by atoms with Crippen LogP contribution in [0.1, 0.15) is 6.92 Å². The summed E-state index contributed by atoms with van der Waals surface area (Å²) in [5.41, 5.74) is 1.21. The lowest BCUT2D eigenvalue weighted by Gasteiger charge is -2.10. The summed E-state index contributed by atoms with van der Waals surface area (Å²) >= 11 is 12.2. The SMILES string of the molecule is CCOc1ccc(-n2c(=S)[nH]c3c(Br)cc(Br)cc3c2=O)cc1. The van der Waals surface area contributed by atoms with Crippen LogP contribution >= 0.6 is 44.1 Å². The van der Waals surface area contributed by atoms with Gasteiger partial charge in [-0.15, -0.1) is 0 Å². The first-order valence-electron chi connectivity index (χ1n) is 6.88. The summed E-state index contributed by atoms with van der Waals surface area (Å²) in [7, 11) is 0. The predicted octanol–water partition coefficient (Wildman–Crippen LogP) is 4.97. The Bertz CT molecular complexity index is 994. The zero-order chi connectivity index (χ0) is 16.6. The smallest absolute Gasteiger partial charge is 0.266 e. The van der Waals surface area contributed by atoms with Crippen molar-refractivity contribution in [3.05, 3.63) is 60.5 Å². The molecule has 0 saturated heterocycles. The summed E-state index contributed by atoms with van der Waals surface area (Å²) < 4.78 is 8.84. The number of rotatable bonds is 3. The third-order valence-corrected chi connectivity index (χ3v) is 4.70. The molecule has 118 valence electrons. The minimum Gasteiger partial charge on any atom is -0.494 e. The van der Waals surface area contributed by atoms with E-state index in [1.165, 1.54) is 4.57 Å². The molecule has 0 atom stereocenters. The van der Waals surface area contributed by atoms with Gasteiger partial charge in [0.1, 0.15) is 5.75 Å². The summed E-state index contributed by atoms with van der Waals surface area (Å²) in [6.07, 6.45) is 0. The molecule has 0 aliphatic heterocycles. The number of nitrogens with zero attached hydrogens (tertiary/aromatic N) is 1. The Labute approximate surface area is 154 Å². The maximum Gasteiger partial charge on any atom is 0.266 e. The second kappa shape index (κ2) is 6.59. The van der Waals surface area contributed by atoms with Crippen LogP contribution in [0.15, 0.2) is 50.1 Å². The molecule has 0 spiro atoms. The maximum atomic E-state index is 12.9. The fraction of sp³-hybridized carbons (Fsp3) is 0.125. The van der Waals surface area contributed by atoms with Crippen LogP contribution in [0.25, 0.3) is 16.6 Å². The fourth-order valence-electron chi connectivity index (χ4n) is 2.34. The van der Waals surface area contributed by atoms with Crippen LogP contribution in [0.4, 0.5) is 0 Å². The molecule has 1 aromatic heterocycles. The largest absolute Gasteiger partial charge is 0.494 e. The first kappa shape index (κ1) is 16.4. The van der Waals surface area contributed by atoms with Gasteiger partial charge in [0.2, 0.25) is 0 Å². The Kier molecular flexibility index (Phi) is 4.70. The van der Waals surface area contributed by atoms with Crippen molar-refractivity contribution < 1.29 is 4.74 Å². The predicted molar refractivity (Wildman–Crippen MR) is 101 cm³/mol. The van der Waals surface area contributed by atoms with E-state index in [1.807, 2.05) is 37.3 Å². The van der Waals surface area contributed by atoms with E-state index in [2.05, 4.69) is 36.8 Å². The highest BCUT2D eigenvalue weighted by atomic mass is 79.9. The van der Waals surface area contributed by atoms with Gasteiger partial charge >= 0.3 is 0 Å². The zero-order valence-corrected chi connectivity index (χ0v) is 16.1. The average Bonchev–Trinajstić information content (AvgIpc) is 2.51. The van der Waals surface area contributed by atoms with Crippen LogP contribution in [0.3, 0.4) is 0 Å². The Hall–Kier alpha value is -1.44. The maximum absolute atomic E-state index is 12.9. The van der Waals surface area contributed by atoms with Gasteiger partial charge in [0, 0.05) is 8.95 Å². The van der Waals surface area contributed by atoms with Crippen molar-refractivity contribution in [3.8, 4) is 11.4 Å². The second-order valence-corrected chi connectivity index (χ2v) is 6.96. The van der Waals surface area contributed by atoms with Gasteiger partial charge in [0.15, 0.2) is 4.77 Å². The van der Waals surface area contributed by atoms with E-state index in [0.29, 0.717) is 28.0 Å². The average molecular weight is 456 g/mol. The van der Waals surface area contributed by atoms with Gasteiger partial charge in [-0.25, -0.2) is 0 Å². The van der Waals surface area contributed by atoms with Gasteiger partial charge in [-0.1, -0.05) is 15.9 Å². The molecular weight excluding hydrogens is 444 g/mol. The molecule has 2 aromatic carbocycles. The van der Waals surface area contributed by atoms with E-state index in [1.54, 1.807) is 6.07 Å². The molecule has 4 nitrogen and oxygen atoms in total. The van der Waals surface area contributed by atoms with E-state index < -0.39 is 0 Å². The van der Waals surface area contributed by atoms with Crippen molar-refractivity contribution in [2.75, 3.05) is 6.61 Å². The molecule has 0 aliphatic rings. The highest BCUT2D eigenvalue weighted by molar-refractivity contribution is 9.11. The van der Waals surface area contributed by atoms with E-state index in [4.69, 9.17) is 17.0 Å². The number of benzene rings is 2. The summed E-state index contributed by atoms with van der Waals surface area (Å²) in [6.45, 7) is 2.52. The quantitative estimate of drug-likeness (QED) is 0.567. The molecule has 0 aliphatic carbocycles. The molecule has 0 radical (unpaired) electrons.